The third-order valence-corrected chi connectivity index (χ3v) is 3.52. The van der Waals surface area contributed by atoms with Gasteiger partial charge in [-0.25, -0.2) is 0 Å². The van der Waals surface area contributed by atoms with E-state index in [1.54, 1.807) is 0 Å². The van der Waals surface area contributed by atoms with Crippen LogP contribution in [0.3, 0.4) is 0 Å². The second kappa shape index (κ2) is 5.37. The van der Waals surface area contributed by atoms with Gasteiger partial charge in [0.1, 0.15) is 0 Å². The highest BCUT2D eigenvalue weighted by atomic mass is 14.9. The molecule has 102 valence electrons. The van der Waals surface area contributed by atoms with Crippen LogP contribution < -0.4 is 5.32 Å². The number of hydrogen-bond acceptors (Lipinski definition) is 2. The lowest BCUT2D eigenvalue weighted by Gasteiger charge is -2.09. The Kier molecular flexibility index (Phi) is 3.42. The highest BCUT2D eigenvalue weighted by Crippen LogP contribution is 2.22. The average molecular weight is 265 g/mol. The van der Waals surface area contributed by atoms with Crippen LogP contribution in [0, 0.1) is 6.92 Å². The van der Waals surface area contributed by atoms with E-state index in [4.69, 9.17) is 0 Å². The fourth-order valence-electron chi connectivity index (χ4n) is 2.38. The Labute approximate surface area is 119 Å². The van der Waals surface area contributed by atoms with E-state index in [-0.39, 0.29) is 0 Å². The van der Waals surface area contributed by atoms with Gasteiger partial charge in [0.25, 0.3) is 0 Å². The van der Waals surface area contributed by atoms with Gasteiger partial charge >= 0.3 is 0 Å². The summed E-state index contributed by atoms with van der Waals surface area (Å²) in [6.45, 7) is 6.00. The number of benzene rings is 1. The quantitative estimate of drug-likeness (QED) is 0.773. The molecular formula is C17H19N3. The van der Waals surface area contributed by atoms with E-state index < -0.39 is 0 Å². The fraction of sp³-hybridized carbons (Fsp3) is 0.235. The number of aromatic nitrogens is 2. The van der Waals surface area contributed by atoms with Crippen molar-refractivity contribution in [2.75, 3.05) is 5.32 Å². The minimum atomic E-state index is 0.821. The van der Waals surface area contributed by atoms with E-state index in [1.165, 1.54) is 10.9 Å². The van der Waals surface area contributed by atoms with Gasteiger partial charge in [0.15, 0.2) is 0 Å². The smallest absolute Gasteiger partial charge is 0.0936 e. The van der Waals surface area contributed by atoms with E-state index in [0.29, 0.717) is 0 Å². The zero-order chi connectivity index (χ0) is 13.9. The summed E-state index contributed by atoms with van der Waals surface area (Å²) in [4.78, 5) is 4.64. The van der Waals surface area contributed by atoms with Crippen molar-refractivity contribution in [3.63, 3.8) is 0 Å². The zero-order valence-electron chi connectivity index (χ0n) is 11.9. The number of hydrogen-bond donors (Lipinski definition) is 1. The molecule has 0 unspecified atom stereocenters. The third-order valence-electron chi connectivity index (χ3n) is 3.52. The van der Waals surface area contributed by atoms with Crippen LogP contribution in [0.2, 0.25) is 0 Å². The SMILES string of the molecule is CCn1ccc(CNc2cccc3ccc(C)nc23)c1. The molecule has 0 radical (unpaired) electrons. The predicted molar refractivity (Wildman–Crippen MR) is 83.9 cm³/mol. The largest absolute Gasteiger partial charge is 0.379 e. The van der Waals surface area contributed by atoms with Gasteiger partial charge < -0.3 is 9.88 Å². The lowest BCUT2D eigenvalue weighted by molar-refractivity contribution is 0.766. The highest BCUT2D eigenvalue weighted by molar-refractivity contribution is 5.90. The average Bonchev–Trinajstić information content (AvgIpc) is 2.93. The molecule has 0 atom stereocenters. The molecule has 1 N–H and O–H groups in total. The molecule has 0 saturated heterocycles. The maximum absolute atomic E-state index is 4.64. The van der Waals surface area contributed by atoms with E-state index >= 15 is 0 Å². The molecule has 0 saturated carbocycles. The fourth-order valence-corrected chi connectivity index (χ4v) is 2.38. The number of aryl methyl sites for hydroxylation is 2. The molecule has 0 aliphatic carbocycles. The first kappa shape index (κ1) is 12.7. The van der Waals surface area contributed by atoms with Crippen LogP contribution in [-0.4, -0.2) is 9.55 Å². The standard InChI is InChI=1S/C17H19N3/c1-3-20-10-9-14(12-20)11-18-16-6-4-5-15-8-7-13(2)19-17(15)16/h4-10,12,18H,3,11H2,1-2H3. The number of rotatable bonds is 4. The number of anilines is 1. The first-order chi connectivity index (χ1) is 9.76. The van der Waals surface area contributed by atoms with Crippen molar-refractivity contribution in [1.29, 1.82) is 0 Å². The topological polar surface area (TPSA) is 29.9 Å². The summed E-state index contributed by atoms with van der Waals surface area (Å²) in [6.07, 6.45) is 4.29. The molecule has 1 aromatic carbocycles. The molecule has 2 aromatic heterocycles. The van der Waals surface area contributed by atoms with Gasteiger partial charge in [-0.05, 0) is 37.6 Å². The Morgan fingerprint density at radius 1 is 1.15 bits per heavy atom. The van der Waals surface area contributed by atoms with Crippen molar-refractivity contribution in [3.05, 3.63) is 60.0 Å². The van der Waals surface area contributed by atoms with Crippen molar-refractivity contribution in [2.24, 2.45) is 0 Å². The van der Waals surface area contributed by atoms with Crippen LogP contribution in [0.5, 0.6) is 0 Å². The predicted octanol–water partition coefficient (Wildman–Crippen LogP) is 3.98. The molecular weight excluding hydrogens is 246 g/mol. The lowest BCUT2D eigenvalue weighted by atomic mass is 10.1. The summed E-state index contributed by atoms with van der Waals surface area (Å²) >= 11 is 0. The molecule has 0 aliphatic heterocycles. The zero-order valence-corrected chi connectivity index (χ0v) is 11.9. The van der Waals surface area contributed by atoms with Crippen molar-refractivity contribution < 1.29 is 0 Å². The Morgan fingerprint density at radius 3 is 2.85 bits per heavy atom. The molecule has 0 bridgehead atoms. The van der Waals surface area contributed by atoms with Gasteiger partial charge in [-0.1, -0.05) is 18.2 Å². The number of nitrogens with one attached hydrogen (secondary N) is 1. The van der Waals surface area contributed by atoms with Crippen LogP contribution in [0.4, 0.5) is 5.69 Å². The molecule has 3 heteroatoms. The van der Waals surface area contributed by atoms with Gasteiger partial charge in [0.2, 0.25) is 0 Å². The Morgan fingerprint density at radius 2 is 2.05 bits per heavy atom. The Balaban J connectivity index is 1.85. The molecule has 0 spiro atoms. The van der Waals surface area contributed by atoms with Gasteiger partial charge in [0.05, 0.1) is 11.2 Å². The Bertz CT molecular complexity index is 728. The van der Waals surface area contributed by atoms with Crippen molar-refractivity contribution in [2.45, 2.75) is 26.9 Å². The first-order valence-electron chi connectivity index (χ1n) is 7.01. The molecule has 0 amide bonds. The Hall–Kier alpha value is -2.29. The second-order valence-electron chi connectivity index (χ2n) is 5.03. The van der Waals surface area contributed by atoms with Crippen molar-refractivity contribution in [3.8, 4) is 0 Å². The molecule has 3 nitrogen and oxygen atoms in total. The minimum Gasteiger partial charge on any atom is -0.379 e. The first-order valence-corrected chi connectivity index (χ1v) is 7.01. The molecule has 0 fully saturated rings. The van der Waals surface area contributed by atoms with Crippen LogP contribution in [0.1, 0.15) is 18.2 Å². The maximum atomic E-state index is 4.64. The third kappa shape index (κ3) is 2.52. The summed E-state index contributed by atoms with van der Waals surface area (Å²) < 4.78 is 2.18. The van der Waals surface area contributed by atoms with E-state index in [1.807, 2.05) is 13.0 Å². The molecule has 20 heavy (non-hydrogen) atoms. The monoisotopic (exact) mass is 265 g/mol. The van der Waals surface area contributed by atoms with E-state index in [2.05, 4.69) is 64.5 Å². The number of pyridine rings is 1. The summed E-state index contributed by atoms with van der Waals surface area (Å²) in [5, 5.41) is 4.67. The summed E-state index contributed by atoms with van der Waals surface area (Å²) in [5.41, 5.74) is 4.47. The molecule has 3 rings (SSSR count). The minimum absolute atomic E-state index is 0.821. The molecule has 0 aliphatic rings. The van der Waals surface area contributed by atoms with Crippen LogP contribution in [0.15, 0.2) is 48.8 Å². The molecule has 3 aromatic rings. The highest BCUT2D eigenvalue weighted by Gasteiger charge is 2.03. The summed E-state index contributed by atoms with van der Waals surface area (Å²) in [6, 6.07) is 12.6. The number of nitrogens with zero attached hydrogens (tertiary/aromatic N) is 2. The second-order valence-corrected chi connectivity index (χ2v) is 5.03. The van der Waals surface area contributed by atoms with Crippen molar-refractivity contribution in [1.82, 2.24) is 9.55 Å². The van der Waals surface area contributed by atoms with Crippen molar-refractivity contribution >= 4 is 16.6 Å². The normalized spacial score (nSPS) is 10.9. The summed E-state index contributed by atoms with van der Waals surface area (Å²) in [7, 11) is 0. The van der Waals surface area contributed by atoms with E-state index in [0.717, 1.165) is 30.0 Å². The molecule has 2 heterocycles. The lowest BCUT2D eigenvalue weighted by Crippen LogP contribution is -2.00. The van der Waals surface area contributed by atoms with E-state index in [9.17, 15) is 0 Å². The maximum Gasteiger partial charge on any atom is 0.0936 e. The van der Waals surface area contributed by atoms with Gasteiger partial charge in [0, 0.05) is 36.6 Å². The van der Waals surface area contributed by atoms with Gasteiger partial charge in [-0.15, -0.1) is 0 Å². The summed E-state index contributed by atoms with van der Waals surface area (Å²) in [5.74, 6) is 0. The van der Waals surface area contributed by atoms with Gasteiger partial charge in [-0.3, -0.25) is 4.98 Å². The number of para-hydroxylation sites is 1. The van der Waals surface area contributed by atoms with Crippen LogP contribution in [-0.2, 0) is 13.1 Å². The van der Waals surface area contributed by atoms with Gasteiger partial charge in [-0.2, -0.15) is 0 Å². The van der Waals surface area contributed by atoms with Crippen LogP contribution >= 0.6 is 0 Å². The van der Waals surface area contributed by atoms with Crippen LogP contribution in [0.25, 0.3) is 10.9 Å². The number of fused-ring (bicyclic) bond motifs is 1.